The molecule has 0 saturated heterocycles. The molecule has 1 aromatic heterocycles. The Morgan fingerprint density at radius 3 is 2.02 bits per heavy atom. The average molecular weight is 550 g/mol. The van der Waals surface area contributed by atoms with Gasteiger partial charge in [-0.25, -0.2) is 35.1 Å². The molecule has 2 aromatic carbocycles. The molecule has 3 rings (SSSR count). The van der Waals surface area contributed by atoms with Gasteiger partial charge in [-0.3, -0.25) is 15.2 Å². The largest absolute Gasteiger partial charge is 0.467 e. The Morgan fingerprint density at radius 1 is 0.950 bits per heavy atom. The molecule has 0 bridgehead atoms. The van der Waals surface area contributed by atoms with Gasteiger partial charge in [0.25, 0.3) is 0 Å². The van der Waals surface area contributed by atoms with Gasteiger partial charge >= 0.3 is 18.0 Å². The molecule has 0 radical (unpaired) electrons. The number of ether oxygens (including phenoxy) is 1. The molecule has 0 aliphatic heterocycles. The molecule has 0 saturated carbocycles. The van der Waals surface area contributed by atoms with Gasteiger partial charge in [-0.15, -0.1) is 0 Å². The van der Waals surface area contributed by atoms with E-state index in [9.17, 15) is 19.2 Å². The van der Waals surface area contributed by atoms with E-state index in [-0.39, 0.29) is 19.5 Å². The van der Waals surface area contributed by atoms with Crippen molar-refractivity contribution in [2.75, 3.05) is 7.11 Å². The number of imide groups is 1. The Labute approximate surface area is 233 Å². The molecule has 212 valence electrons. The minimum atomic E-state index is -1.43. The van der Waals surface area contributed by atoms with Crippen LogP contribution in [0.5, 0.6) is 0 Å². The van der Waals surface area contributed by atoms with Crippen LogP contribution in [0, 0.1) is 5.41 Å². The summed E-state index contributed by atoms with van der Waals surface area (Å²) in [5.41, 5.74) is 3.61. The van der Waals surface area contributed by atoms with Crippen LogP contribution < -0.4 is 11.3 Å². The molecule has 0 spiro atoms. The minimum Gasteiger partial charge on any atom is -0.467 e. The smallest absolute Gasteiger partial charge is 0.348 e. The number of H-pyrrole nitrogens is 1. The topological polar surface area (TPSA) is 154 Å². The van der Waals surface area contributed by atoms with Crippen molar-refractivity contribution in [3.8, 4) is 0 Å². The molecule has 12 nitrogen and oxygen atoms in total. The third kappa shape index (κ3) is 7.90. The van der Waals surface area contributed by atoms with E-state index >= 15 is 0 Å². The SMILES string of the molecule is COC(=O)[C@H](Cc1cnc[nH]1)N(C(=O)N(N)Cc1ccccc1)C(=O)N(Cc1ccccc1)NC(=O)C(C)(C)C. The van der Waals surface area contributed by atoms with Crippen molar-refractivity contribution in [1.82, 2.24) is 30.3 Å². The van der Waals surface area contributed by atoms with Crippen molar-refractivity contribution in [3.05, 3.63) is 90.0 Å². The van der Waals surface area contributed by atoms with Crippen LogP contribution in [-0.4, -0.2) is 62.0 Å². The molecule has 4 N–H and O–H groups in total. The number of rotatable bonds is 8. The highest BCUT2D eigenvalue weighted by Gasteiger charge is 2.41. The van der Waals surface area contributed by atoms with Gasteiger partial charge in [-0.2, -0.15) is 0 Å². The number of methoxy groups -OCH3 is 1. The van der Waals surface area contributed by atoms with Gasteiger partial charge in [0.15, 0.2) is 0 Å². The van der Waals surface area contributed by atoms with Crippen LogP contribution in [0.25, 0.3) is 0 Å². The third-order valence-electron chi connectivity index (χ3n) is 5.94. The number of hydrogen-bond donors (Lipinski definition) is 3. The lowest BCUT2D eigenvalue weighted by molar-refractivity contribution is -0.145. The third-order valence-corrected chi connectivity index (χ3v) is 5.94. The lowest BCUT2D eigenvalue weighted by atomic mass is 9.96. The number of benzene rings is 2. The van der Waals surface area contributed by atoms with Gasteiger partial charge in [0.2, 0.25) is 5.91 Å². The number of esters is 1. The van der Waals surface area contributed by atoms with Gasteiger partial charge in [-0.1, -0.05) is 81.4 Å². The maximum absolute atomic E-state index is 14.2. The maximum Gasteiger partial charge on any atom is 0.348 e. The Bertz CT molecular complexity index is 1280. The Kier molecular flexibility index (Phi) is 9.98. The van der Waals surface area contributed by atoms with E-state index in [1.54, 1.807) is 69.3 Å². The number of carbonyl (C=O) groups excluding carboxylic acids is 4. The number of aromatic amines is 1. The fraction of sp³-hybridized carbons (Fsp3) is 0.321. The van der Waals surface area contributed by atoms with Crippen molar-refractivity contribution in [2.45, 2.75) is 46.3 Å². The Hall–Kier alpha value is -4.71. The molecular weight excluding hydrogens is 514 g/mol. The predicted molar refractivity (Wildman–Crippen MR) is 146 cm³/mol. The summed E-state index contributed by atoms with van der Waals surface area (Å²) in [6, 6.07) is 14.5. The maximum atomic E-state index is 14.2. The van der Waals surface area contributed by atoms with E-state index in [4.69, 9.17) is 10.6 Å². The fourth-order valence-corrected chi connectivity index (χ4v) is 3.70. The van der Waals surface area contributed by atoms with Crippen LogP contribution in [0.3, 0.4) is 0 Å². The molecule has 0 fully saturated rings. The van der Waals surface area contributed by atoms with E-state index in [1.165, 1.54) is 12.5 Å². The lowest BCUT2D eigenvalue weighted by Crippen LogP contribution is -2.62. The first-order valence-corrected chi connectivity index (χ1v) is 12.6. The summed E-state index contributed by atoms with van der Waals surface area (Å²) in [4.78, 5) is 61.7. The molecule has 3 aromatic rings. The number of nitrogens with one attached hydrogen (secondary N) is 2. The highest BCUT2D eigenvalue weighted by Crippen LogP contribution is 2.18. The molecule has 5 amide bonds. The van der Waals surface area contributed by atoms with Crippen molar-refractivity contribution < 1.29 is 23.9 Å². The van der Waals surface area contributed by atoms with Gasteiger partial charge in [-0.05, 0) is 11.1 Å². The minimum absolute atomic E-state index is 0.0472. The second-order valence-electron chi connectivity index (χ2n) is 10.1. The normalized spacial score (nSPS) is 11.7. The van der Waals surface area contributed by atoms with E-state index < -0.39 is 35.4 Å². The van der Waals surface area contributed by atoms with Crippen molar-refractivity contribution in [2.24, 2.45) is 11.3 Å². The number of nitrogens with zero attached hydrogens (tertiary/aromatic N) is 4. The second-order valence-corrected chi connectivity index (χ2v) is 10.1. The fourth-order valence-electron chi connectivity index (χ4n) is 3.70. The summed E-state index contributed by atoms with van der Waals surface area (Å²) in [5, 5.41) is 1.84. The highest BCUT2D eigenvalue weighted by atomic mass is 16.5. The molecular formula is C28H35N7O5. The Balaban J connectivity index is 2.05. The quantitative estimate of drug-likeness (QED) is 0.169. The predicted octanol–water partition coefficient (Wildman–Crippen LogP) is 2.99. The van der Waals surface area contributed by atoms with Crippen LogP contribution in [0.1, 0.15) is 37.6 Å². The van der Waals surface area contributed by atoms with Crippen LogP contribution in [0.4, 0.5) is 9.59 Å². The highest BCUT2D eigenvalue weighted by molar-refractivity contribution is 5.98. The number of aromatic nitrogens is 2. The number of hydrogen-bond acceptors (Lipinski definition) is 7. The first-order chi connectivity index (χ1) is 19.0. The summed E-state index contributed by atoms with van der Waals surface area (Å²) < 4.78 is 4.99. The first kappa shape index (κ1) is 29.8. The Morgan fingerprint density at radius 2 is 1.52 bits per heavy atom. The zero-order chi connectivity index (χ0) is 29.3. The van der Waals surface area contributed by atoms with Gasteiger partial charge in [0.1, 0.15) is 6.04 Å². The van der Waals surface area contributed by atoms with E-state index in [0.29, 0.717) is 21.7 Å². The van der Waals surface area contributed by atoms with E-state index in [2.05, 4.69) is 15.4 Å². The van der Waals surface area contributed by atoms with E-state index in [0.717, 1.165) is 17.1 Å². The molecule has 0 unspecified atom stereocenters. The number of imidazole rings is 1. The van der Waals surface area contributed by atoms with Crippen molar-refractivity contribution in [3.63, 3.8) is 0 Å². The number of hydrazine groups is 2. The number of nitrogens with two attached hydrogens (primary N) is 1. The molecule has 12 heteroatoms. The molecule has 40 heavy (non-hydrogen) atoms. The number of carbonyl (C=O) groups is 4. The number of amides is 5. The second kappa shape index (κ2) is 13.4. The average Bonchev–Trinajstić information content (AvgIpc) is 3.45. The van der Waals surface area contributed by atoms with Crippen molar-refractivity contribution in [1.29, 1.82) is 0 Å². The molecule has 1 heterocycles. The summed E-state index contributed by atoms with van der Waals surface area (Å²) in [6.07, 6.45) is 2.75. The summed E-state index contributed by atoms with van der Waals surface area (Å²) in [5.74, 6) is 4.85. The zero-order valence-corrected chi connectivity index (χ0v) is 23.0. The first-order valence-electron chi connectivity index (χ1n) is 12.6. The number of urea groups is 2. The zero-order valence-electron chi connectivity index (χ0n) is 23.0. The lowest BCUT2D eigenvalue weighted by Gasteiger charge is -2.36. The summed E-state index contributed by atoms with van der Waals surface area (Å²) in [7, 11) is 1.16. The van der Waals surface area contributed by atoms with E-state index in [1.807, 2.05) is 12.1 Å². The van der Waals surface area contributed by atoms with Gasteiger partial charge in [0.05, 0.1) is 26.5 Å². The van der Waals surface area contributed by atoms with Crippen molar-refractivity contribution >= 4 is 23.9 Å². The van der Waals surface area contributed by atoms with Crippen LogP contribution in [0.15, 0.2) is 73.2 Å². The van der Waals surface area contributed by atoms with Crippen LogP contribution >= 0.6 is 0 Å². The van der Waals surface area contributed by atoms with Crippen LogP contribution in [-0.2, 0) is 33.8 Å². The van der Waals surface area contributed by atoms with Gasteiger partial charge < -0.3 is 9.72 Å². The monoisotopic (exact) mass is 549 g/mol. The van der Waals surface area contributed by atoms with Crippen LogP contribution in [0.2, 0.25) is 0 Å². The summed E-state index contributed by atoms with van der Waals surface area (Å²) in [6.45, 7) is 4.93. The molecule has 1 atom stereocenters. The molecule has 0 aliphatic carbocycles. The standard InChI is InChI=1S/C28H35N7O5/c1-28(2,3)25(37)32-34(18-21-13-9-6-10-14-21)27(39)35(23(24(36)40-4)15-22-16-30-19-31-22)26(38)33(29)17-20-11-7-5-8-12-20/h5-14,16,19,23H,15,17-18,29H2,1-4H3,(H,30,31)(H,32,37)/t23-/m0/s1. The summed E-state index contributed by atoms with van der Waals surface area (Å²) >= 11 is 0. The van der Waals surface area contributed by atoms with Gasteiger partial charge in [0, 0.05) is 23.7 Å². The molecule has 0 aliphatic rings.